The molecule has 0 aliphatic carbocycles. The fraction of sp³-hybridized carbons (Fsp3) is 0. The minimum absolute atomic E-state index is 0.275. The van der Waals surface area contributed by atoms with Crippen LogP contribution in [0.2, 0.25) is 0 Å². The molecule has 0 radical (unpaired) electrons. The zero-order valence-electron chi connectivity index (χ0n) is 4.73. The molecule has 0 aromatic carbocycles. The van der Waals surface area contributed by atoms with E-state index in [4.69, 9.17) is 23.2 Å². The highest BCUT2D eigenvalue weighted by molar-refractivity contribution is 6.38. The molecule has 0 heterocycles. The maximum absolute atomic E-state index is 5.45. The quantitative estimate of drug-likeness (QED) is 0.461. The largest absolute Gasteiger partial charge is 0.465 e. The first-order chi connectivity index (χ1) is 4.22. The molecule has 0 saturated heterocycles. The van der Waals surface area contributed by atoms with Crippen LogP contribution in [0.3, 0.4) is 0 Å². The Kier molecular flexibility index (Phi) is 4.28. The van der Waals surface area contributed by atoms with Gasteiger partial charge in [0.25, 0.3) is 0 Å². The lowest BCUT2D eigenvalue weighted by Gasteiger charge is -1.98. The van der Waals surface area contributed by atoms with Crippen molar-refractivity contribution in [3.05, 3.63) is 35.7 Å². The third-order valence-electron chi connectivity index (χ3n) is 0.588. The first kappa shape index (κ1) is 8.60. The van der Waals surface area contributed by atoms with E-state index < -0.39 is 0 Å². The second kappa shape index (κ2) is 4.48. The Balaban J connectivity index is 3.88. The molecule has 0 unspecified atom stereocenters. The lowest BCUT2D eigenvalue weighted by atomic mass is 10.5. The number of ether oxygens (including phenoxy) is 1. The predicted molar refractivity (Wildman–Crippen MR) is 40.2 cm³/mol. The van der Waals surface area contributed by atoms with Crippen molar-refractivity contribution in [1.29, 1.82) is 0 Å². The normalized spacial score (nSPS) is 10.7. The van der Waals surface area contributed by atoms with E-state index in [-0.39, 0.29) is 5.03 Å². The average Bonchev–Trinajstić information content (AvgIpc) is 1.87. The van der Waals surface area contributed by atoms with Gasteiger partial charge in [-0.1, -0.05) is 36.4 Å². The van der Waals surface area contributed by atoms with E-state index in [1.54, 1.807) is 0 Å². The van der Waals surface area contributed by atoms with Gasteiger partial charge in [0.2, 0.25) is 0 Å². The van der Waals surface area contributed by atoms with Crippen LogP contribution in [0.1, 0.15) is 0 Å². The number of hydrogen-bond acceptors (Lipinski definition) is 1. The minimum Gasteiger partial charge on any atom is -0.465 e. The van der Waals surface area contributed by atoms with Crippen molar-refractivity contribution in [1.82, 2.24) is 0 Å². The molecule has 0 amide bonds. The van der Waals surface area contributed by atoms with Gasteiger partial charge in [0.15, 0.2) is 0 Å². The molecule has 0 atom stereocenters. The van der Waals surface area contributed by atoms with E-state index in [0.717, 1.165) is 0 Å². The van der Waals surface area contributed by atoms with Gasteiger partial charge >= 0.3 is 0 Å². The van der Waals surface area contributed by atoms with Gasteiger partial charge in [0.1, 0.15) is 5.76 Å². The lowest BCUT2D eigenvalue weighted by Crippen LogP contribution is -1.79. The summed E-state index contributed by atoms with van der Waals surface area (Å²) in [7, 11) is 0. The van der Waals surface area contributed by atoms with Crippen LogP contribution in [0.25, 0.3) is 0 Å². The van der Waals surface area contributed by atoms with Crippen molar-refractivity contribution in [3.63, 3.8) is 0 Å². The molecule has 0 saturated carbocycles. The highest BCUT2D eigenvalue weighted by atomic mass is 35.5. The van der Waals surface area contributed by atoms with E-state index in [9.17, 15) is 0 Å². The van der Waals surface area contributed by atoms with Crippen LogP contribution < -0.4 is 0 Å². The number of rotatable bonds is 3. The van der Waals surface area contributed by atoms with Gasteiger partial charge in [-0.05, 0) is 0 Å². The van der Waals surface area contributed by atoms with Crippen molar-refractivity contribution < 1.29 is 4.74 Å². The molecule has 0 aromatic heterocycles. The van der Waals surface area contributed by atoms with E-state index >= 15 is 0 Å². The Labute approximate surface area is 64.2 Å². The Bertz CT molecular complexity index is 149. The molecule has 3 heteroatoms. The molecule has 0 fully saturated rings. The minimum atomic E-state index is 0.275. The van der Waals surface area contributed by atoms with Gasteiger partial charge < -0.3 is 4.74 Å². The first-order valence-electron chi connectivity index (χ1n) is 2.15. The zero-order valence-corrected chi connectivity index (χ0v) is 6.24. The smallest absolute Gasteiger partial charge is 0.138 e. The fourth-order valence-corrected chi connectivity index (χ4v) is 0.384. The van der Waals surface area contributed by atoms with Crippen molar-refractivity contribution in [3.8, 4) is 0 Å². The summed E-state index contributed by atoms with van der Waals surface area (Å²) < 4.78 is 4.68. The highest BCUT2D eigenvalue weighted by Crippen LogP contribution is 2.14. The van der Waals surface area contributed by atoms with Crippen LogP contribution in [0, 0.1) is 0 Å². The molecular formula is C6H6Cl2O. The fourth-order valence-electron chi connectivity index (χ4n) is 0.218. The van der Waals surface area contributed by atoms with Crippen LogP contribution in [0.5, 0.6) is 0 Å². The maximum Gasteiger partial charge on any atom is 0.138 e. The third-order valence-corrected chi connectivity index (χ3v) is 1.24. The second-order valence-electron chi connectivity index (χ2n) is 1.16. The number of allylic oxidation sites excluding steroid dienone is 1. The molecule has 0 aliphatic rings. The van der Waals surface area contributed by atoms with Gasteiger partial charge in [-0.15, -0.1) is 0 Å². The van der Waals surface area contributed by atoms with Crippen LogP contribution in [-0.4, -0.2) is 0 Å². The lowest BCUT2D eigenvalue weighted by molar-refractivity contribution is 0.370. The molecular weight excluding hydrogens is 159 g/mol. The van der Waals surface area contributed by atoms with E-state index in [2.05, 4.69) is 17.9 Å². The Morgan fingerprint density at radius 1 is 1.56 bits per heavy atom. The van der Waals surface area contributed by atoms with E-state index in [0.29, 0.717) is 5.76 Å². The van der Waals surface area contributed by atoms with Gasteiger partial charge in [-0.2, -0.15) is 0 Å². The zero-order chi connectivity index (χ0) is 7.28. The van der Waals surface area contributed by atoms with Crippen LogP contribution in [0.4, 0.5) is 0 Å². The van der Waals surface area contributed by atoms with Gasteiger partial charge in [-0.3, -0.25) is 0 Å². The second-order valence-corrected chi connectivity index (χ2v) is 1.79. The molecule has 0 aromatic rings. The summed E-state index contributed by atoms with van der Waals surface area (Å²) >= 11 is 10.7. The molecule has 0 rings (SSSR count). The summed E-state index contributed by atoms with van der Waals surface area (Å²) in [6.07, 6.45) is 1.23. The SMILES string of the molecule is C=COC(=C)/C(Cl)=C/Cl. The summed E-state index contributed by atoms with van der Waals surface area (Å²) in [6, 6.07) is 0. The summed E-state index contributed by atoms with van der Waals surface area (Å²) in [6.45, 7) is 6.74. The highest BCUT2D eigenvalue weighted by Gasteiger charge is 1.95. The van der Waals surface area contributed by atoms with Crippen LogP contribution in [-0.2, 0) is 4.74 Å². The van der Waals surface area contributed by atoms with Crippen molar-refractivity contribution in [2.45, 2.75) is 0 Å². The Morgan fingerprint density at radius 2 is 2.11 bits per heavy atom. The molecule has 9 heavy (non-hydrogen) atoms. The summed E-state index contributed by atoms with van der Waals surface area (Å²) in [5.41, 5.74) is 1.17. The van der Waals surface area contributed by atoms with Crippen LogP contribution >= 0.6 is 23.2 Å². The Hall–Kier alpha value is -0.400. The molecule has 0 aliphatic heterocycles. The summed E-state index contributed by atoms with van der Waals surface area (Å²) in [5.74, 6) is 0.293. The molecule has 0 N–H and O–H groups in total. The van der Waals surface area contributed by atoms with Crippen molar-refractivity contribution >= 4 is 23.2 Å². The van der Waals surface area contributed by atoms with Crippen molar-refractivity contribution in [2.75, 3.05) is 0 Å². The van der Waals surface area contributed by atoms with E-state index in [1.165, 1.54) is 11.8 Å². The molecule has 1 nitrogen and oxygen atoms in total. The van der Waals surface area contributed by atoms with Gasteiger partial charge in [0, 0.05) is 5.54 Å². The standard InChI is InChI=1S/C6H6Cl2O/c1-3-9-5(2)6(8)4-7/h3-4H,1-2H2/b6-4-. The average molecular weight is 165 g/mol. The van der Waals surface area contributed by atoms with E-state index in [1.807, 2.05) is 0 Å². The van der Waals surface area contributed by atoms with Gasteiger partial charge in [-0.25, -0.2) is 0 Å². The van der Waals surface area contributed by atoms with Crippen molar-refractivity contribution in [2.24, 2.45) is 0 Å². The van der Waals surface area contributed by atoms with Crippen LogP contribution in [0.15, 0.2) is 35.7 Å². The first-order valence-corrected chi connectivity index (χ1v) is 2.96. The summed E-state index contributed by atoms with van der Waals surface area (Å²) in [5, 5.41) is 0.275. The molecule has 0 bridgehead atoms. The summed E-state index contributed by atoms with van der Waals surface area (Å²) in [4.78, 5) is 0. The topological polar surface area (TPSA) is 9.23 Å². The maximum atomic E-state index is 5.45. The number of hydrogen-bond donors (Lipinski definition) is 0. The molecule has 50 valence electrons. The van der Waals surface area contributed by atoms with Gasteiger partial charge in [0.05, 0.1) is 11.3 Å². The predicted octanol–water partition coefficient (Wildman–Crippen LogP) is 2.98. The molecule has 0 spiro atoms. The monoisotopic (exact) mass is 164 g/mol. The Morgan fingerprint density at radius 3 is 2.44 bits per heavy atom. The number of halogens is 2. The third kappa shape index (κ3) is 3.22.